The van der Waals surface area contributed by atoms with Crippen molar-refractivity contribution in [2.24, 2.45) is 12.8 Å². The lowest BCUT2D eigenvalue weighted by molar-refractivity contribution is 0.830. The average molecular weight is 268 g/mol. The van der Waals surface area contributed by atoms with Gasteiger partial charge in [0.05, 0.1) is 17.4 Å². The molecule has 2 rings (SSSR count). The van der Waals surface area contributed by atoms with Gasteiger partial charge in [0.1, 0.15) is 0 Å². The van der Waals surface area contributed by atoms with Crippen LogP contribution in [0.2, 0.25) is 0 Å². The second-order valence-corrected chi connectivity index (χ2v) is 4.53. The first-order valence-corrected chi connectivity index (χ1v) is 5.81. The Morgan fingerprint density at radius 1 is 1.47 bits per heavy atom. The molecule has 3 nitrogen and oxygen atoms in total. The third-order valence-electron chi connectivity index (χ3n) is 2.54. The predicted octanol–water partition coefficient (Wildman–Crippen LogP) is 2.23. The number of rotatable bonds is 3. The highest BCUT2D eigenvalue weighted by Crippen LogP contribution is 2.24. The third-order valence-corrected chi connectivity index (χ3v) is 3.28. The number of nitrogens with two attached hydrogens (primary N) is 1. The number of hydrogen-bond donors (Lipinski definition) is 1. The Kier molecular flexibility index (Phi) is 3.07. The summed E-state index contributed by atoms with van der Waals surface area (Å²) in [5, 5.41) is 0. The first-order valence-electron chi connectivity index (χ1n) is 5.02. The standard InChI is InChI=1S/C11H14BrN3/c1-15-7-14-10-6-9(12)8(3-2-4-13)5-11(10)15/h5-7H,2-4,13H2,1H3. The molecule has 0 spiro atoms. The second-order valence-electron chi connectivity index (χ2n) is 3.68. The molecule has 0 aliphatic heterocycles. The summed E-state index contributed by atoms with van der Waals surface area (Å²) in [6.07, 6.45) is 3.87. The quantitative estimate of drug-likeness (QED) is 0.927. The Bertz CT molecular complexity index is 476. The van der Waals surface area contributed by atoms with Gasteiger partial charge in [-0.05, 0) is 37.1 Å². The number of imidazole rings is 1. The monoisotopic (exact) mass is 267 g/mol. The van der Waals surface area contributed by atoms with Crippen LogP contribution in [-0.2, 0) is 13.5 Å². The minimum atomic E-state index is 0.732. The fourth-order valence-corrected chi connectivity index (χ4v) is 2.21. The van der Waals surface area contributed by atoms with Crippen molar-refractivity contribution in [2.45, 2.75) is 12.8 Å². The number of aryl methyl sites for hydroxylation is 2. The van der Waals surface area contributed by atoms with E-state index in [4.69, 9.17) is 5.73 Å². The van der Waals surface area contributed by atoms with Crippen LogP contribution in [0.1, 0.15) is 12.0 Å². The van der Waals surface area contributed by atoms with Gasteiger partial charge in [0.15, 0.2) is 0 Å². The van der Waals surface area contributed by atoms with Crippen LogP contribution in [-0.4, -0.2) is 16.1 Å². The van der Waals surface area contributed by atoms with E-state index in [-0.39, 0.29) is 0 Å². The minimum absolute atomic E-state index is 0.732. The van der Waals surface area contributed by atoms with E-state index in [1.165, 1.54) is 11.1 Å². The number of aromatic nitrogens is 2. The van der Waals surface area contributed by atoms with Gasteiger partial charge in [-0.2, -0.15) is 0 Å². The molecule has 0 radical (unpaired) electrons. The van der Waals surface area contributed by atoms with Crippen molar-refractivity contribution < 1.29 is 0 Å². The Balaban J connectivity index is 2.45. The molecule has 0 aliphatic carbocycles. The van der Waals surface area contributed by atoms with Crippen molar-refractivity contribution in [1.82, 2.24) is 9.55 Å². The van der Waals surface area contributed by atoms with Gasteiger partial charge in [-0.1, -0.05) is 15.9 Å². The first-order chi connectivity index (χ1) is 7.22. The maximum Gasteiger partial charge on any atom is 0.0955 e. The van der Waals surface area contributed by atoms with E-state index in [1.807, 2.05) is 17.9 Å². The van der Waals surface area contributed by atoms with Crippen molar-refractivity contribution in [1.29, 1.82) is 0 Å². The van der Waals surface area contributed by atoms with E-state index in [0.29, 0.717) is 0 Å². The maximum atomic E-state index is 5.52. The maximum absolute atomic E-state index is 5.52. The molecule has 0 saturated carbocycles. The molecule has 0 unspecified atom stereocenters. The Hall–Kier alpha value is -0.870. The van der Waals surface area contributed by atoms with Crippen molar-refractivity contribution in [3.63, 3.8) is 0 Å². The smallest absolute Gasteiger partial charge is 0.0955 e. The van der Waals surface area contributed by atoms with Gasteiger partial charge in [0.25, 0.3) is 0 Å². The molecule has 0 fully saturated rings. The fourth-order valence-electron chi connectivity index (χ4n) is 1.68. The van der Waals surface area contributed by atoms with Crippen molar-refractivity contribution in [3.8, 4) is 0 Å². The van der Waals surface area contributed by atoms with Crippen LogP contribution < -0.4 is 5.73 Å². The summed E-state index contributed by atoms with van der Waals surface area (Å²) in [6.45, 7) is 0.732. The summed E-state index contributed by atoms with van der Waals surface area (Å²) < 4.78 is 3.16. The van der Waals surface area contributed by atoms with E-state index in [1.54, 1.807) is 0 Å². The van der Waals surface area contributed by atoms with Gasteiger partial charge in [0.2, 0.25) is 0 Å². The fraction of sp³-hybridized carbons (Fsp3) is 0.364. The molecule has 0 aliphatic rings. The lowest BCUT2D eigenvalue weighted by Gasteiger charge is -2.04. The number of nitrogens with zero attached hydrogens (tertiary/aromatic N) is 2. The predicted molar refractivity (Wildman–Crippen MR) is 65.8 cm³/mol. The van der Waals surface area contributed by atoms with Crippen LogP contribution in [0.15, 0.2) is 22.9 Å². The molecule has 1 heterocycles. The van der Waals surface area contributed by atoms with Gasteiger partial charge < -0.3 is 10.3 Å². The Morgan fingerprint density at radius 3 is 3.00 bits per heavy atom. The van der Waals surface area contributed by atoms with Crippen LogP contribution in [0.25, 0.3) is 11.0 Å². The summed E-state index contributed by atoms with van der Waals surface area (Å²) in [4.78, 5) is 4.31. The number of halogens is 1. The molecule has 0 atom stereocenters. The SMILES string of the molecule is Cn1cnc2cc(Br)c(CCCN)cc21. The van der Waals surface area contributed by atoms with Gasteiger partial charge in [0, 0.05) is 11.5 Å². The lowest BCUT2D eigenvalue weighted by Crippen LogP contribution is -2.01. The highest BCUT2D eigenvalue weighted by molar-refractivity contribution is 9.10. The summed E-state index contributed by atoms with van der Waals surface area (Å²) in [7, 11) is 2.01. The Labute approximate surface area is 97.4 Å². The van der Waals surface area contributed by atoms with Gasteiger partial charge >= 0.3 is 0 Å². The molecule has 0 amide bonds. The molecular weight excluding hydrogens is 254 g/mol. The number of hydrogen-bond acceptors (Lipinski definition) is 2. The van der Waals surface area contributed by atoms with Gasteiger partial charge in [-0.3, -0.25) is 0 Å². The number of fused-ring (bicyclic) bond motifs is 1. The van der Waals surface area contributed by atoms with Crippen LogP contribution in [0, 0.1) is 0 Å². The molecule has 4 heteroatoms. The number of benzene rings is 1. The van der Waals surface area contributed by atoms with Gasteiger partial charge in [-0.25, -0.2) is 4.98 Å². The average Bonchev–Trinajstić information content (AvgIpc) is 2.57. The highest BCUT2D eigenvalue weighted by atomic mass is 79.9. The molecule has 2 aromatic rings. The first kappa shape index (κ1) is 10.6. The summed E-state index contributed by atoms with van der Waals surface area (Å²) in [5.41, 5.74) is 9.02. The van der Waals surface area contributed by atoms with E-state index < -0.39 is 0 Å². The van der Waals surface area contributed by atoms with Crippen LogP contribution in [0.3, 0.4) is 0 Å². The molecule has 80 valence electrons. The molecule has 0 saturated heterocycles. The summed E-state index contributed by atoms with van der Waals surface area (Å²) in [6, 6.07) is 4.25. The topological polar surface area (TPSA) is 43.8 Å². The third kappa shape index (κ3) is 2.06. The van der Waals surface area contributed by atoms with Crippen molar-refractivity contribution in [2.75, 3.05) is 6.54 Å². The van der Waals surface area contributed by atoms with Crippen LogP contribution in [0.4, 0.5) is 0 Å². The highest BCUT2D eigenvalue weighted by Gasteiger charge is 2.05. The lowest BCUT2D eigenvalue weighted by atomic mass is 10.1. The molecule has 1 aromatic heterocycles. The molecule has 1 aromatic carbocycles. The largest absolute Gasteiger partial charge is 0.334 e. The zero-order chi connectivity index (χ0) is 10.8. The summed E-state index contributed by atoms with van der Waals surface area (Å²) >= 11 is 3.57. The molecule has 2 N–H and O–H groups in total. The zero-order valence-corrected chi connectivity index (χ0v) is 10.3. The van der Waals surface area contributed by atoms with E-state index in [2.05, 4.69) is 33.0 Å². The van der Waals surface area contributed by atoms with Crippen LogP contribution in [0.5, 0.6) is 0 Å². The molecule has 0 bridgehead atoms. The van der Waals surface area contributed by atoms with E-state index >= 15 is 0 Å². The molecular formula is C11H14BrN3. The second kappa shape index (κ2) is 4.33. The van der Waals surface area contributed by atoms with Crippen molar-refractivity contribution in [3.05, 3.63) is 28.5 Å². The van der Waals surface area contributed by atoms with E-state index in [9.17, 15) is 0 Å². The molecule has 15 heavy (non-hydrogen) atoms. The summed E-state index contributed by atoms with van der Waals surface area (Å²) in [5.74, 6) is 0. The van der Waals surface area contributed by atoms with Gasteiger partial charge in [-0.15, -0.1) is 0 Å². The zero-order valence-electron chi connectivity index (χ0n) is 8.70. The van der Waals surface area contributed by atoms with Crippen molar-refractivity contribution >= 4 is 27.0 Å². The minimum Gasteiger partial charge on any atom is -0.334 e. The van der Waals surface area contributed by atoms with E-state index in [0.717, 1.165) is 29.4 Å². The Morgan fingerprint density at radius 2 is 2.27 bits per heavy atom. The van der Waals surface area contributed by atoms with Crippen LogP contribution >= 0.6 is 15.9 Å². The normalized spacial score (nSPS) is 11.1.